The van der Waals surface area contributed by atoms with Crippen molar-refractivity contribution >= 4 is 12.4 Å². The van der Waals surface area contributed by atoms with Gasteiger partial charge in [0.1, 0.15) is 0 Å². The summed E-state index contributed by atoms with van der Waals surface area (Å²) in [6.45, 7) is 1.64. The highest BCUT2D eigenvalue weighted by molar-refractivity contribution is 5.85. The van der Waals surface area contributed by atoms with Crippen molar-refractivity contribution in [3.8, 4) is 0 Å². The first-order chi connectivity index (χ1) is 2.81. The van der Waals surface area contributed by atoms with Crippen LogP contribution in [0.4, 0.5) is 0 Å². The van der Waals surface area contributed by atoms with Crippen molar-refractivity contribution in [3.63, 3.8) is 0 Å². The van der Waals surface area contributed by atoms with Crippen LogP contribution >= 0.6 is 12.4 Å². The molecule has 4 heteroatoms. The van der Waals surface area contributed by atoms with E-state index in [0.29, 0.717) is 0 Å². The molecule has 7 heavy (non-hydrogen) atoms. The van der Waals surface area contributed by atoms with Crippen LogP contribution < -0.4 is 5.48 Å². The van der Waals surface area contributed by atoms with Gasteiger partial charge in [-0.05, 0) is 6.92 Å². The number of aliphatic hydroxyl groups excluding tert-OH is 1. The molecule has 0 radical (unpaired) electrons. The molecule has 1 atom stereocenters. The highest BCUT2D eigenvalue weighted by Crippen LogP contribution is 1.69. The Kier molecular flexibility index (Phi) is 9.00. The summed E-state index contributed by atoms with van der Waals surface area (Å²) in [5.41, 5.74) is 1.86. The van der Waals surface area contributed by atoms with Crippen molar-refractivity contribution in [2.45, 2.75) is 13.0 Å². The highest BCUT2D eigenvalue weighted by Gasteiger charge is 1.90. The van der Waals surface area contributed by atoms with Gasteiger partial charge in [-0.2, -0.15) is 0 Å². The first-order valence-electron chi connectivity index (χ1n) is 1.81. The van der Waals surface area contributed by atoms with Gasteiger partial charge in [-0.3, -0.25) is 0 Å². The third kappa shape index (κ3) is 6.17. The Labute approximate surface area is 48.7 Å². The summed E-state index contributed by atoms with van der Waals surface area (Å²) in [5.74, 6) is 0. The summed E-state index contributed by atoms with van der Waals surface area (Å²) in [7, 11) is 0. The number of hydrogen-bond acceptors (Lipinski definition) is 3. The first kappa shape index (κ1) is 10.2. The van der Waals surface area contributed by atoms with E-state index in [1.807, 2.05) is 5.48 Å². The summed E-state index contributed by atoms with van der Waals surface area (Å²) < 4.78 is 0. The molecule has 3 N–H and O–H groups in total. The van der Waals surface area contributed by atoms with Gasteiger partial charge in [0.15, 0.2) is 0 Å². The maximum atomic E-state index is 8.11. The van der Waals surface area contributed by atoms with E-state index < -0.39 is 0 Å². The second-order valence-electron chi connectivity index (χ2n) is 1.21. The largest absolute Gasteiger partial charge is 0.395 e. The van der Waals surface area contributed by atoms with E-state index in [0.717, 1.165) is 0 Å². The number of halogens is 1. The lowest BCUT2D eigenvalue weighted by Crippen LogP contribution is -2.25. The summed E-state index contributed by atoms with van der Waals surface area (Å²) >= 11 is 0. The van der Waals surface area contributed by atoms with Gasteiger partial charge in [-0.1, -0.05) is 0 Å². The Balaban J connectivity index is 0. The molecule has 0 spiro atoms. The van der Waals surface area contributed by atoms with Gasteiger partial charge >= 0.3 is 0 Å². The van der Waals surface area contributed by atoms with E-state index in [1.165, 1.54) is 0 Å². The zero-order chi connectivity index (χ0) is 4.99. The molecular formula is C3H10ClNO2. The monoisotopic (exact) mass is 127 g/mol. The van der Waals surface area contributed by atoms with E-state index in [2.05, 4.69) is 0 Å². The standard InChI is InChI=1S/C3H9NO2.ClH/c1-3(2-5)4-6;/h3-6H,2H2,1H3;1H. The number of aliphatic hydroxyl groups is 1. The van der Waals surface area contributed by atoms with Gasteiger partial charge in [0, 0.05) is 0 Å². The Bertz CT molecular complexity index is 32.1. The third-order valence-electron chi connectivity index (χ3n) is 0.494. The van der Waals surface area contributed by atoms with Crippen LogP contribution in [-0.4, -0.2) is 23.0 Å². The smallest absolute Gasteiger partial charge is 0.0604 e. The maximum Gasteiger partial charge on any atom is 0.0604 e. The topological polar surface area (TPSA) is 52.5 Å². The summed E-state index contributed by atoms with van der Waals surface area (Å²) in [4.78, 5) is 0. The van der Waals surface area contributed by atoms with Crippen LogP contribution in [0, 0.1) is 0 Å². The molecule has 0 aliphatic heterocycles. The summed E-state index contributed by atoms with van der Waals surface area (Å²) in [5, 5.41) is 16.0. The normalized spacial score (nSPS) is 12.4. The minimum absolute atomic E-state index is 0. The third-order valence-corrected chi connectivity index (χ3v) is 0.494. The lowest BCUT2D eigenvalue weighted by molar-refractivity contribution is 0.0986. The first-order valence-corrected chi connectivity index (χ1v) is 1.81. The molecule has 0 saturated carbocycles. The fraction of sp³-hybridized carbons (Fsp3) is 1.00. The molecule has 0 aromatic rings. The second-order valence-corrected chi connectivity index (χ2v) is 1.21. The second kappa shape index (κ2) is 6.17. The predicted molar refractivity (Wildman–Crippen MR) is 28.7 cm³/mol. The van der Waals surface area contributed by atoms with Crippen LogP contribution in [-0.2, 0) is 0 Å². The number of rotatable bonds is 2. The molecule has 0 rings (SSSR count). The van der Waals surface area contributed by atoms with Gasteiger partial charge in [0.2, 0.25) is 0 Å². The zero-order valence-electron chi connectivity index (χ0n) is 4.09. The number of nitrogens with one attached hydrogen (secondary N) is 1. The van der Waals surface area contributed by atoms with Crippen LogP contribution in [0.5, 0.6) is 0 Å². The molecule has 0 bridgehead atoms. The molecular weight excluding hydrogens is 117 g/mol. The minimum Gasteiger partial charge on any atom is -0.395 e. The van der Waals surface area contributed by atoms with Gasteiger partial charge in [-0.25, -0.2) is 5.48 Å². The fourth-order valence-electron chi connectivity index (χ4n) is 0.0408. The van der Waals surface area contributed by atoms with E-state index in [9.17, 15) is 0 Å². The average molecular weight is 128 g/mol. The molecule has 0 aliphatic carbocycles. The Hall–Kier alpha value is 0.170. The van der Waals surface area contributed by atoms with Gasteiger partial charge < -0.3 is 10.3 Å². The molecule has 1 unspecified atom stereocenters. The van der Waals surface area contributed by atoms with Crippen LogP contribution in [0.3, 0.4) is 0 Å². The maximum absolute atomic E-state index is 8.11. The molecule has 0 amide bonds. The van der Waals surface area contributed by atoms with E-state index >= 15 is 0 Å². The summed E-state index contributed by atoms with van der Waals surface area (Å²) in [6.07, 6.45) is 0. The fourth-order valence-corrected chi connectivity index (χ4v) is 0.0408. The molecule has 0 aromatic carbocycles. The highest BCUT2D eigenvalue weighted by atomic mass is 35.5. The average Bonchev–Trinajstić information content (AvgIpc) is 1.65. The Morgan fingerprint density at radius 2 is 2.14 bits per heavy atom. The summed E-state index contributed by atoms with van der Waals surface area (Å²) in [6, 6.07) is -0.204. The SMILES string of the molecule is CC(CO)NO.Cl. The molecule has 0 aromatic heterocycles. The van der Waals surface area contributed by atoms with Crippen LogP contribution in [0.15, 0.2) is 0 Å². The molecule has 0 aliphatic rings. The van der Waals surface area contributed by atoms with E-state index in [-0.39, 0.29) is 25.1 Å². The van der Waals surface area contributed by atoms with Crippen LogP contribution in [0.2, 0.25) is 0 Å². The quantitative estimate of drug-likeness (QED) is 0.449. The lowest BCUT2D eigenvalue weighted by Gasteiger charge is -1.99. The van der Waals surface area contributed by atoms with Gasteiger partial charge in [0.25, 0.3) is 0 Å². The molecule has 0 saturated heterocycles. The van der Waals surface area contributed by atoms with Crippen molar-refractivity contribution in [1.29, 1.82) is 0 Å². The molecule has 0 heterocycles. The van der Waals surface area contributed by atoms with Crippen molar-refractivity contribution in [2.75, 3.05) is 6.61 Å². The van der Waals surface area contributed by atoms with E-state index in [4.69, 9.17) is 10.3 Å². The van der Waals surface area contributed by atoms with Crippen molar-refractivity contribution in [1.82, 2.24) is 5.48 Å². The van der Waals surface area contributed by atoms with E-state index in [1.54, 1.807) is 6.92 Å². The number of hydroxylamine groups is 1. The van der Waals surface area contributed by atoms with Crippen LogP contribution in [0.25, 0.3) is 0 Å². The predicted octanol–water partition coefficient (Wildman–Crippen LogP) is -0.232. The lowest BCUT2D eigenvalue weighted by atomic mass is 10.4. The Morgan fingerprint density at radius 1 is 1.71 bits per heavy atom. The minimum atomic E-state index is -0.204. The van der Waals surface area contributed by atoms with Crippen molar-refractivity contribution in [3.05, 3.63) is 0 Å². The molecule has 3 nitrogen and oxygen atoms in total. The van der Waals surface area contributed by atoms with Crippen molar-refractivity contribution < 1.29 is 10.3 Å². The van der Waals surface area contributed by atoms with Gasteiger partial charge in [0.05, 0.1) is 12.6 Å². The van der Waals surface area contributed by atoms with Crippen LogP contribution in [0.1, 0.15) is 6.92 Å². The Morgan fingerprint density at radius 3 is 2.14 bits per heavy atom. The zero-order valence-corrected chi connectivity index (χ0v) is 4.90. The molecule has 46 valence electrons. The molecule has 0 fully saturated rings. The van der Waals surface area contributed by atoms with Gasteiger partial charge in [-0.15, -0.1) is 12.4 Å². The number of hydrogen-bond donors (Lipinski definition) is 3. The van der Waals surface area contributed by atoms with Crippen molar-refractivity contribution in [2.24, 2.45) is 0 Å².